The van der Waals surface area contributed by atoms with Crippen LogP contribution in [0, 0.1) is 0 Å². The molecule has 1 N–H and O–H groups in total. The second-order valence-electron chi connectivity index (χ2n) is 8.45. The van der Waals surface area contributed by atoms with Crippen molar-refractivity contribution in [2.45, 2.75) is 32.2 Å². The lowest BCUT2D eigenvalue weighted by Crippen LogP contribution is -2.28. The summed E-state index contributed by atoms with van der Waals surface area (Å²) in [4.78, 5) is 14.5. The van der Waals surface area contributed by atoms with E-state index in [4.69, 9.17) is 39.9 Å². The molecular weight excluding hydrogens is 521 g/mol. The number of nitrogens with zero attached hydrogens (tertiary/aromatic N) is 2. The van der Waals surface area contributed by atoms with Crippen LogP contribution in [0.4, 0.5) is 0 Å². The highest BCUT2D eigenvalue weighted by atomic mass is 35.5. The zero-order valence-electron chi connectivity index (χ0n) is 18.9. The maximum atomic E-state index is 13.5. The maximum absolute atomic E-state index is 13.5. The highest BCUT2D eigenvalue weighted by Crippen LogP contribution is 2.38. The zero-order valence-corrected chi connectivity index (χ0v) is 22.0. The van der Waals surface area contributed by atoms with Crippen molar-refractivity contribution in [2.24, 2.45) is 0 Å². The molecule has 0 fully saturated rings. The van der Waals surface area contributed by atoms with Gasteiger partial charge in [-0.3, -0.25) is 4.79 Å². The average molecular weight is 543 g/mol. The predicted molar refractivity (Wildman–Crippen MR) is 146 cm³/mol. The molecule has 0 spiro atoms. The summed E-state index contributed by atoms with van der Waals surface area (Å²) >= 11 is 20.4. The number of amides is 1. The van der Waals surface area contributed by atoms with Crippen LogP contribution in [0.2, 0.25) is 14.4 Å². The largest absolute Gasteiger partial charge is 0.344 e. The Hall–Kier alpha value is -2.57. The molecule has 2 aromatic carbocycles. The molecule has 0 saturated carbocycles. The van der Waals surface area contributed by atoms with E-state index in [9.17, 15) is 4.79 Å². The van der Waals surface area contributed by atoms with Crippen LogP contribution in [0.15, 0.2) is 60.7 Å². The van der Waals surface area contributed by atoms with Gasteiger partial charge in [-0.2, -0.15) is 5.10 Å². The number of carbonyl (C=O) groups is 1. The first-order chi connectivity index (χ1) is 16.9. The monoisotopic (exact) mass is 541 g/mol. The number of carbonyl (C=O) groups excluding carboxylic acids is 1. The van der Waals surface area contributed by atoms with Crippen molar-refractivity contribution in [3.05, 3.63) is 102 Å². The molecule has 2 heterocycles. The lowest BCUT2D eigenvalue weighted by atomic mass is 9.90. The molecule has 4 nitrogen and oxygen atoms in total. The Morgan fingerprint density at radius 1 is 1.09 bits per heavy atom. The molecule has 4 aromatic rings. The molecule has 2 aromatic heterocycles. The molecule has 35 heavy (non-hydrogen) atoms. The van der Waals surface area contributed by atoms with Crippen LogP contribution in [0.25, 0.3) is 17.3 Å². The lowest BCUT2D eigenvalue weighted by molar-refractivity contribution is 0.0933. The van der Waals surface area contributed by atoms with Crippen molar-refractivity contribution in [1.82, 2.24) is 15.1 Å². The van der Waals surface area contributed by atoms with Crippen LogP contribution in [-0.2, 0) is 6.42 Å². The standard InChI is InChI=1S/C27H22Cl3N3OS/c1-16(17-6-3-2-4-7-17)31-27(34)25-21-9-5-8-18(14-20-11-13-24(30)35-20)26(21)33(32-25)23-12-10-19(28)15-22(23)29/h2-4,6-7,10-16H,5,8-9H2,1H3,(H,31,34)/b18-14+/t16-/m1/s1. The smallest absolute Gasteiger partial charge is 0.272 e. The molecule has 1 amide bonds. The third-order valence-electron chi connectivity index (χ3n) is 6.07. The van der Waals surface area contributed by atoms with Gasteiger partial charge in [0.25, 0.3) is 5.91 Å². The highest BCUT2D eigenvalue weighted by molar-refractivity contribution is 7.17. The number of aromatic nitrogens is 2. The number of benzene rings is 2. The van der Waals surface area contributed by atoms with E-state index in [2.05, 4.69) is 11.4 Å². The minimum absolute atomic E-state index is 0.157. The number of hydrogen-bond acceptors (Lipinski definition) is 3. The molecule has 5 rings (SSSR count). The predicted octanol–water partition coefficient (Wildman–Crippen LogP) is 8.26. The second kappa shape index (κ2) is 10.2. The first-order valence-electron chi connectivity index (χ1n) is 11.3. The van der Waals surface area contributed by atoms with Gasteiger partial charge in [-0.05, 0) is 73.7 Å². The van der Waals surface area contributed by atoms with E-state index in [1.807, 2.05) is 55.5 Å². The fourth-order valence-electron chi connectivity index (χ4n) is 4.41. The quantitative estimate of drug-likeness (QED) is 0.276. The number of rotatable bonds is 5. The summed E-state index contributed by atoms with van der Waals surface area (Å²) in [7, 11) is 0. The van der Waals surface area contributed by atoms with E-state index in [-0.39, 0.29) is 11.9 Å². The molecule has 1 aliphatic carbocycles. The Morgan fingerprint density at radius 3 is 2.60 bits per heavy atom. The van der Waals surface area contributed by atoms with Crippen LogP contribution in [0.3, 0.4) is 0 Å². The van der Waals surface area contributed by atoms with Gasteiger partial charge in [-0.25, -0.2) is 4.68 Å². The molecule has 1 atom stereocenters. The van der Waals surface area contributed by atoms with E-state index in [0.29, 0.717) is 21.4 Å². The summed E-state index contributed by atoms with van der Waals surface area (Å²) in [5.74, 6) is -0.207. The summed E-state index contributed by atoms with van der Waals surface area (Å²) in [6.07, 6.45) is 4.67. The molecule has 178 valence electrons. The Labute approximate surface area is 223 Å². The first-order valence-corrected chi connectivity index (χ1v) is 13.2. The summed E-state index contributed by atoms with van der Waals surface area (Å²) in [6.45, 7) is 1.97. The van der Waals surface area contributed by atoms with E-state index in [1.54, 1.807) is 16.8 Å². The Kier molecular flexibility index (Phi) is 7.03. The normalized spacial score (nSPS) is 15.1. The van der Waals surface area contributed by atoms with Crippen LogP contribution in [0.1, 0.15) is 58.0 Å². The molecular formula is C27H22Cl3N3OS. The molecule has 8 heteroatoms. The lowest BCUT2D eigenvalue weighted by Gasteiger charge is -2.19. The number of nitrogens with one attached hydrogen (secondary N) is 1. The summed E-state index contributed by atoms with van der Waals surface area (Å²) in [5, 5.41) is 8.93. The van der Waals surface area contributed by atoms with Crippen molar-refractivity contribution < 1.29 is 4.79 Å². The number of halogens is 3. The minimum Gasteiger partial charge on any atom is -0.344 e. The van der Waals surface area contributed by atoms with Crippen LogP contribution >= 0.6 is 46.1 Å². The van der Waals surface area contributed by atoms with Gasteiger partial charge in [0.2, 0.25) is 0 Å². The molecule has 0 aliphatic heterocycles. The second-order valence-corrected chi connectivity index (χ2v) is 11.0. The van der Waals surface area contributed by atoms with Gasteiger partial charge < -0.3 is 5.32 Å². The third kappa shape index (κ3) is 5.05. The molecule has 0 radical (unpaired) electrons. The molecule has 1 aliphatic rings. The van der Waals surface area contributed by atoms with E-state index in [1.165, 1.54) is 11.3 Å². The summed E-state index contributed by atoms with van der Waals surface area (Å²) in [6, 6.07) is 18.9. The molecule has 0 unspecified atom stereocenters. The topological polar surface area (TPSA) is 46.9 Å². The molecule has 0 bridgehead atoms. The van der Waals surface area contributed by atoms with Gasteiger partial charge in [0, 0.05) is 15.5 Å². The Bertz CT molecular complexity index is 1420. The number of allylic oxidation sites excluding steroid dienone is 1. The van der Waals surface area contributed by atoms with Gasteiger partial charge in [-0.15, -0.1) is 11.3 Å². The first kappa shape index (κ1) is 24.1. The summed E-state index contributed by atoms with van der Waals surface area (Å²) < 4.78 is 2.52. The SMILES string of the molecule is C[C@@H](NC(=O)c1nn(-c2ccc(Cl)cc2Cl)c2c1CCC/C2=C\c1ccc(Cl)s1)c1ccccc1. The fraction of sp³-hybridized carbons (Fsp3) is 0.185. The number of thiophene rings is 1. The fourth-order valence-corrected chi connectivity index (χ4v) is 5.93. The maximum Gasteiger partial charge on any atom is 0.272 e. The van der Waals surface area contributed by atoms with E-state index in [0.717, 1.165) is 50.9 Å². The van der Waals surface area contributed by atoms with Gasteiger partial charge >= 0.3 is 0 Å². The van der Waals surface area contributed by atoms with Crippen molar-refractivity contribution in [3.63, 3.8) is 0 Å². The summed E-state index contributed by atoms with van der Waals surface area (Å²) in [5.41, 5.74) is 5.06. The molecule has 0 saturated heterocycles. The Balaban J connectivity index is 1.61. The van der Waals surface area contributed by atoms with Crippen molar-refractivity contribution in [3.8, 4) is 5.69 Å². The average Bonchev–Trinajstić information content (AvgIpc) is 3.43. The van der Waals surface area contributed by atoms with Gasteiger partial charge in [0.1, 0.15) is 0 Å². The van der Waals surface area contributed by atoms with E-state index >= 15 is 0 Å². The third-order valence-corrected chi connectivity index (χ3v) is 7.79. The van der Waals surface area contributed by atoms with Crippen LogP contribution in [0.5, 0.6) is 0 Å². The van der Waals surface area contributed by atoms with E-state index < -0.39 is 0 Å². The van der Waals surface area contributed by atoms with Crippen molar-refractivity contribution in [1.29, 1.82) is 0 Å². The van der Waals surface area contributed by atoms with Crippen molar-refractivity contribution >= 4 is 63.7 Å². The Morgan fingerprint density at radius 2 is 1.89 bits per heavy atom. The van der Waals surface area contributed by atoms with Gasteiger partial charge in [0.05, 0.1) is 26.8 Å². The minimum atomic E-state index is -0.207. The number of fused-ring (bicyclic) bond motifs is 1. The van der Waals surface area contributed by atoms with Crippen LogP contribution < -0.4 is 5.32 Å². The highest BCUT2D eigenvalue weighted by Gasteiger charge is 2.29. The van der Waals surface area contributed by atoms with Crippen LogP contribution in [-0.4, -0.2) is 15.7 Å². The number of hydrogen-bond donors (Lipinski definition) is 1. The van der Waals surface area contributed by atoms with Gasteiger partial charge in [-0.1, -0.05) is 65.1 Å². The van der Waals surface area contributed by atoms with Gasteiger partial charge in [0.15, 0.2) is 5.69 Å². The zero-order chi connectivity index (χ0) is 24.5. The van der Waals surface area contributed by atoms with Crippen molar-refractivity contribution in [2.75, 3.05) is 0 Å².